The Morgan fingerprint density at radius 1 is 1.32 bits per heavy atom. The van der Waals surface area contributed by atoms with Gasteiger partial charge in [-0.2, -0.15) is 0 Å². The third-order valence-corrected chi connectivity index (χ3v) is 3.45. The predicted molar refractivity (Wildman–Crippen MR) is 77.2 cm³/mol. The zero-order valence-corrected chi connectivity index (χ0v) is 11.0. The van der Waals surface area contributed by atoms with Crippen LogP contribution in [0.3, 0.4) is 0 Å². The first kappa shape index (κ1) is 12.0. The smallest absolute Gasteiger partial charge is 0.125 e. The number of hydrogen-bond acceptors (Lipinski definition) is 3. The minimum Gasteiger partial charge on any atom is -0.388 e. The minimum atomic E-state index is -0.244. The van der Waals surface area contributed by atoms with Gasteiger partial charge in [-0.05, 0) is 36.2 Å². The zero-order chi connectivity index (χ0) is 13.4. The fraction of sp³-hybridized carbons (Fsp3) is 0.143. The lowest BCUT2D eigenvalue weighted by molar-refractivity contribution is 0.628. The quantitative estimate of drug-likeness (QED) is 0.854. The van der Waals surface area contributed by atoms with Crippen molar-refractivity contribution in [2.24, 2.45) is 5.73 Å². The molecule has 0 saturated carbocycles. The average Bonchev–Trinajstić information content (AvgIpc) is 2.81. The number of hydrogen-bond donors (Lipinski definition) is 1. The van der Waals surface area contributed by atoms with E-state index in [0.717, 1.165) is 29.9 Å². The van der Waals surface area contributed by atoms with E-state index >= 15 is 0 Å². The van der Waals surface area contributed by atoms with Crippen LogP contribution in [0.15, 0.2) is 36.5 Å². The molecule has 0 bridgehead atoms. The van der Waals surface area contributed by atoms with E-state index < -0.39 is 0 Å². The van der Waals surface area contributed by atoms with Crippen LogP contribution < -0.4 is 10.6 Å². The summed E-state index contributed by atoms with van der Waals surface area (Å²) in [5, 5.41) is 0. The van der Waals surface area contributed by atoms with Gasteiger partial charge < -0.3 is 10.6 Å². The lowest BCUT2D eigenvalue weighted by Crippen LogP contribution is -2.21. The van der Waals surface area contributed by atoms with Crippen LogP contribution in [0.25, 0.3) is 0 Å². The molecule has 3 rings (SSSR count). The van der Waals surface area contributed by atoms with Crippen molar-refractivity contribution in [3.05, 3.63) is 53.6 Å². The number of benzene rings is 1. The summed E-state index contributed by atoms with van der Waals surface area (Å²) in [6.45, 7) is 0.778. The van der Waals surface area contributed by atoms with Crippen LogP contribution in [0.4, 0.5) is 15.8 Å². The highest BCUT2D eigenvalue weighted by molar-refractivity contribution is 7.80. The SMILES string of the molecule is NC(=S)c1ncccc1N1CCc2ccc(F)cc21. The maximum atomic E-state index is 13.4. The van der Waals surface area contributed by atoms with Crippen molar-refractivity contribution >= 4 is 28.6 Å². The number of thiocarbonyl (C=S) groups is 1. The second-order valence-electron chi connectivity index (χ2n) is 4.41. The van der Waals surface area contributed by atoms with Crippen molar-refractivity contribution in [3.63, 3.8) is 0 Å². The first-order chi connectivity index (χ1) is 9.16. The number of nitrogens with zero attached hydrogens (tertiary/aromatic N) is 2. The monoisotopic (exact) mass is 273 g/mol. The van der Waals surface area contributed by atoms with Crippen molar-refractivity contribution in [1.82, 2.24) is 4.98 Å². The molecule has 2 heterocycles. The molecule has 0 atom stereocenters. The van der Waals surface area contributed by atoms with Crippen LogP contribution in [-0.2, 0) is 6.42 Å². The number of fused-ring (bicyclic) bond motifs is 1. The maximum absolute atomic E-state index is 13.4. The van der Waals surface area contributed by atoms with E-state index in [1.807, 2.05) is 23.1 Å². The molecule has 0 radical (unpaired) electrons. The Balaban J connectivity index is 2.11. The van der Waals surface area contributed by atoms with Crippen LogP contribution in [-0.4, -0.2) is 16.5 Å². The van der Waals surface area contributed by atoms with Crippen LogP contribution in [0.2, 0.25) is 0 Å². The van der Waals surface area contributed by atoms with Crippen molar-refractivity contribution in [2.75, 3.05) is 11.4 Å². The van der Waals surface area contributed by atoms with E-state index in [2.05, 4.69) is 4.98 Å². The summed E-state index contributed by atoms with van der Waals surface area (Å²) in [6.07, 6.45) is 2.53. The Labute approximate surface area is 115 Å². The summed E-state index contributed by atoms with van der Waals surface area (Å²) in [6, 6.07) is 8.58. The summed E-state index contributed by atoms with van der Waals surface area (Å²) >= 11 is 5.02. The molecule has 0 fully saturated rings. The molecular formula is C14H12FN3S. The summed E-state index contributed by atoms with van der Waals surface area (Å²) in [4.78, 5) is 6.48. The highest BCUT2D eigenvalue weighted by atomic mass is 32.1. The number of halogens is 1. The molecule has 5 heteroatoms. The largest absolute Gasteiger partial charge is 0.388 e. The van der Waals surface area contributed by atoms with Gasteiger partial charge in [0.15, 0.2) is 0 Å². The van der Waals surface area contributed by atoms with Gasteiger partial charge in [0.2, 0.25) is 0 Å². The Morgan fingerprint density at radius 3 is 2.95 bits per heavy atom. The predicted octanol–water partition coefficient (Wildman–Crippen LogP) is 2.55. The van der Waals surface area contributed by atoms with Gasteiger partial charge in [-0.25, -0.2) is 4.39 Å². The van der Waals surface area contributed by atoms with Crippen molar-refractivity contribution in [2.45, 2.75) is 6.42 Å². The molecule has 19 heavy (non-hydrogen) atoms. The second-order valence-corrected chi connectivity index (χ2v) is 4.85. The molecule has 0 unspecified atom stereocenters. The van der Waals surface area contributed by atoms with Gasteiger partial charge in [0.25, 0.3) is 0 Å². The Hall–Kier alpha value is -2.01. The van der Waals surface area contributed by atoms with Gasteiger partial charge in [-0.3, -0.25) is 4.98 Å². The highest BCUT2D eigenvalue weighted by Gasteiger charge is 2.23. The van der Waals surface area contributed by atoms with Gasteiger partial charge in [-0.15, -0.1) is 0 Å². The molecule has 1 aromatic carbocycles. The number of aromatic nitrogens is 1. The van der Waals surface area contributed by atoms with E-state index in [9.17, 15) is 4.39 Å². The highest BCUT2D eigenvalue weighted by Crippen LogP contribution is 2.36. The number of pyridine rings is 1. The Morgan fingerprint density at radius 2 is 2.16 bits per heavy atom. The normalized spacial score (nSPS) is 13.4. The lowest BCUT2D eigenvalue weighted by Gasteiger charge is -2.21. The molecule has 0 amide bonds. The molecule has 0 saturated heterocycles. The Kier molecular flexibility index (Phi) is 2.91. The second kappa shape index (κ2) is 4.59. The van der Waals surface area contributed by atoms with Crippen LogP contribution >= 0.6 is 12.2 Å². The van der Waals surface area contributed by atoms with Gasteiger partial charge in [0, 0.05) is 18.4 Å². The van der Waals surface area contributed by atoms with Gasteiger partial charge >= 0.3 is 0 Å². The Bertz CT molecular complexity index is 657. The fourth-order valence-corrected chi connectivity index (χ4v) is 2.56. The molecule has 1 aliphatic heterocycles. The van der Waals surface area contributed by atoms with E-state index in [-0.39, 0.29) is 10.8 Å². The molecule has 1 aromatic heterocycles. The van der Waals surface area contributed by atoms with Crippen LogP contribution in [0.5, 0.6) is 0 Å². The molecule has 3 nitrogen and oxygen atoms in total. The van der Waals surface area contributed by atoms with Crippen molar-refractivity contribution in [1.29, 1.82) is 0 Å². The molecular weight excluding hydrogens is 261 g/mol. The summed E-state index contributed by atoms with van der Waals surface area (Å²) in [5.41, 5.74) is 9.10. The molecule has 2 N–H and O–H groups in total. The topological polar surface area (TPSA) is 42.1 Å². The van der Waals surface area contributed by atoms with Crippen molar-refractivity contribution in [3.8, 4) is 0 Å². The number of anilines is 2. The molecule has 2 aromatic rings. The summed E-state index contributed by atoms with van der Waals surface area (Å²) in [7, 11) is 0. The first-order valence-corrected chi connectivity index (χ1v) is 6.38. The van der Waals surface area contributed by atoms with E-state index in [0.29, 0.717) is 5.69 Å². The van der Waals surface area contributed by atoms with Gasteiger partial charge in [0.05, 0.1) is 5.69 Å². The number of rotatable bonds is 2. The van der Waals surface area contributed by atoms with Gasteiger partial charge in [-0.1, -0.05) is 18.3 Å². The minimum absolute atomic E-state index is 0.244. The maximum Gasteiger partial charge on any atom is 0.125 e. The van der Waals surface area contributed by atoms with E-state index in [1.54, 1.807) is 12.3 Å². The molecule has 0 spiro atoms. The van der Waals surface area contributed by atoms with E-state index in [4.69, 9.17) is 18.0 Å². The van der Waals surface area contributed by atoms with Gasteiger partial charge in [0.1, 0.15) is 16.5 Å². The molecule has 0 aliphatic carbocycles. The zero-order valence-electron chi connectivity index (χ0n) is 10.1. The third-order valence-electron chi connectivity index (χ3n) is 3.25. The summed E-state index contributed by atoms with van der Waals surface area (Å²) < 4.78 is 13.4. The van der Waals surface area contributed by atoms with Crippen molar-refractivity contribution < 1.29 is 4.39 Å². The number of nitrogens with two attached hydrogens (primary N) is 1. The van der Waals surface area contributed by atoms with Crippen LogP contribution in [0, 0.1) is 5.82 Å². The molecule has 96 valence electrons. The fourth-order valence-electron chi connectivity index (χ4n) is 2.41. The average molecular weight is 273 g/mol. The first-order valence-electron chi connectivity index (χ1n) is 5.97. The standard InChI is InChI=1S/C14H12FN3S/c15-10-4-3-9-5-7-18(12(9)8-10)11-2-1-6-17-13(11)14(16)19/h1-4,6,8H,5,7H2,(H2,16,19). The molecule has 1 aliphatic rings. The third kappa shape index (κ3) is 2.06. The summed E-state index contributed by atoms with van der Waals surface area (Å²) in [5.74, 6) is -0.244. The lowest BCUT2D eigenvalue weighted by atomic mass is 10.1. The van der Waals surface area contributed by atoms with Crippen LogP contribution in [0.1, 0.15) is 11.3 Å². The van der Waals surface area contributed by atoms with E-state index in [1.165, 1.54) is 6.07 Å².